The fraction of sp³-hybridized carbons (Fsp3) is 0.235. The maximum Gasteiger partial charge on any atom is 0.236 e. The molecule has 0 unspecified atom stereocenters. The molecule has 0 fully saturated rings. The molecule has 0 aliphatic heterocycles. The number of aromatic nitrogens is 2. The van der Waals surface area contributed by atoms with E-state index in [4.69, 9.17) is 4.42 Å². The van der Waals surface area contributed by atoms with Gasteiger partial charge in [0.1, 0.15) is 6.26 Å². The minimum atomic E-state index is 0.0325. The highest BCUT2D eigenvalue weighted by atomic mass is 32.1. The Balaban J connectivity index is 1.54. The lowest BCUT2D eigenvalue weighted by atomic mass is 10.2. The molecule has 0 saturated carbocycles. The molecule has 6 heteroatoms. The number of hydrogen-bond donors (Lipinski definition) is 0. The molecular formula is C17H17N3O2S. The summed E-state index contributed by atoms with van der Waals surface area (Å²) in [5, 5.41) is 1.97. The summed E-state index contributed by atoms with van der Waals surface area (Å²) in [7, 11) is 1.81. The third-order valence-corrected chi connectivity index (χ3v) is 4.38. The number of pyridine rings is 1. The van der Waals surface area contributed by atoms with E-state index >= 15 is 0 Å². The van der Waals surface area contributed by atoms with Crippen LogP contribution in [0.5, 0.6) is 0 Å². The quantitative estimate of drug-likeness (QED) is 0.698. The number of rotatable bonds is 6. The molecule has 0 N–H and O–H groups in total. The van der Waals surface area contributed by atoms with Crippen LogP contribution in [-0.2, 0) is 17.6 Å². The van der Waals surface area contributed by atoms with E-state index in [2.05, 4.69) is 9.97 Å². The van der Waals surface area contributed by atoms with Gasteiger partial charge < -0.3 is 9.32 Å². The van der Waals surface area contributed by atoms with Crippen molar-refractivity contribution in [2.75, 3.05) is 13.6 Å². The van der Waals surface area contributed by atoms with Gasteiger partial charge in [0.25, 0.3) is 0 Å². The lowest BCUT2D eigenvalue weighted by molar-refractivity contribution is -0.129. The summed E-state index contributed by atoms with van der Waals surface area (Å²) >= 11 is 1.56. The zero-order valence-electron chi connectivity index (χ0n) is 12.8. The van der Waals surface area contributed by atoms with E-state index in [9.17, 15) is 4.79 Å². The van der Waals surface area contributed by atoms with Crippen LogP contribution in [0.1, 0.15) is 11.3 Å². The average Bonchev–Trinajstić information content (AvgIpc) is 3.24. The molecule has 0 spiro atoms. The van der Waals surface area contributed by atoms with Crippen LogP contribution in [-0.4, -0.2) is 34.4 Å². The first kappa shape index (κ1) is 15.4. The smallest absolute Gasteiger partial charge is 0.236 e. The first-order valence-corrected chi connectivity index (χ1v) is 8.21. The van der Waals surface area contributed by atoms with Crippen molar-refractivity contribution in [2.45, 2.75) is 12.8 Å². The Labute approximate surface area is 138 Å². The summed E-state index contributed by atoms with van der Waals surface area (Å²) in [5.74, 6) is 0.604. The van der Waals surface area contributed by atoms with Gasteiger partial charge in [-0.3, -0.25) is 9.78 Å². The van der Waals surface area contributed by atoms with Gasteiger partial charge in [0.2, 0.25) is 11.8 Å². The van der Waals surface area contributed by atoms with E-state index < -0.39 is 0 Å². The summed E-state index contributed by atoms with van der Waals surface area (Å²) in [5.41, 5.74) is 1.83. The molecule has 1 amide bonds. The van der Waals surface area contributed by atoms with Crippen molar-refractivity contribution < 1.29 is 9.21 Å². The van der Waals surface area contributed by atoms with Gasteiger partial charge in [-0.25, -0.2) is 4.98 Å². The van der Waals surface area contributed by atoms with E-state index in [-0.39, 0.29) is 12.3 Å². The van der Waals surface area contributed by atoms with Crippen molar-refractivity contribution in [2.24, 2.45) is 0 Å². The number of amides is 1. The minimum Gasteiger partial charge on any atom is -0.444 e. The lowest BCUT2D eigenvalue weighted by Crippen LogP contribution is -2.30. The lowest BCUT2D eigenvalue weighted by Gasteiger charge is -2.16. The third kappa shape index (κ3) is 4.04. The number of hydrogen-bond acceptors (Lipinski definition) is 5. The Hall–Kier alpha value is -2.47. The van der Waals surface area contributed by atoms with Crippen molar-refractivity contribution in [1.82, 2.24) is 14.9 Å². The number of carbonyl (C=O) groups is 1. The van der Waals surface area contributed by atoms with Gasteiger partial charge in [0, 0.05) is 26.0 Å². The third-order valence-electron chi connectivity index (χ3n) is 3.53. The number of thiophene rings is 1. The second-order valence-electron chi connectivity index (χ2n) is 5.22. The number of carbonyl (C=O) groups excluding carboxylic acids is 1. The van der Waals surface area contributed by atoms with E-state index in [0.29, 0.717) is 18.1 Å². The Kier molecular flexibility index (Phi) is 4.83. The fourth-order valence-corrected chi connectivity index (χ4v) is 2.82. The molecule has 0 bridgehead atoms. The standard InChI is InChI=1S/C17H17N3O2S/c1-20(9-6-13-4-7-18-8-5-13)16(21)11-14-12-22-17(19-14)15-3-2-10-23-15/h2-5,7-8,10,12H,6,9,11H2,1H3. The molecule has 3 heterocycles. The highest BCUT2D eigenvalue weighted by Crippen LogP contribution is 2.23. The maximum absolute atomic E-state index is 12.3. The van der Waals surface area contributed by atoms with Gasteiger partial charge in [-0.1, -0.05) is 6.07 Å². The fourth-order valence-electron chi connectivity index (χ4n) is 2.16. The Bertz CT molecular complexity index is 753. The number of nitrogens with zero attached hydrogens (tertiary/aromatic N) is 3. The molecule has 0 radical (unpaired) electrons. The molecule has 118 valence electrons. The molecule has 0 atom stereocenters. The van der Waals surface area contributed by atoms with Crippen LogP contribution in [0.2, 0.25) is 0 Å². The normalized spacial score (nSPS) is 10.7. The molecule has 0 aliphatic carbocycles. The minimum absolute atomic E-state index is 0.0325. The van der Waals surface area contributed by atoms with Gasteiger partial charge >= 0.3 is 0 Å². The second-order valence-corrected chi connectivity index (χ2v) is 6.17. The summed E-state index contributed by atoms with van der Waals surface area (Å²) in [6.07, 6.45) is 6.15. The van der Waals surface area contributed by atoms with Gasteiger partial charge in [0.15, 0.2) is 0 Å². The molecule has 0 saturated heterocycles. The SMILES string of the molecule is CN(CCc1ccncc1)C(=O)Cc1coc(-c2cccs2)n1. The number of likely N-dealkylation sites (N-methyl/N-ethyl adjacent to an activating group) is 1. The summed E-state index contributed by atoms with van der Waals surface area (Å²) in [4.78, 5) is 23.3. The molecule has 3 aromatic heterocycles. The van der Waals surface area contributed by atoms with Crippen molar-refractivity contribution in [3.8, 4) is 10.8 Å². The molecule has 0 aliphatic rings. The van der Waals surface area contributed by atoms with Crippen LogP contribution in [0.3, 0.4) is 0 Å². The largest absolute Gasteiger partial charge is 0.444 e. The number of oxazole rings is 1. The van der Waals surface area contributed by atoms with Gasteiger partial charge in [-0.05, 0) is 35.6 Å². The summed E-state index contributed by atoms with van der Waals surface area (Å²) < 4.78 is 5.44. The van der Waals surface area contributed by atoms with E-state index in [1.807, 2.05) is 36.7 Å². The highest BCUT2D eigenvalue weighted by molar-refractivity contribution is 7.13. The maximum atomic E-state index is 12.3. The van der Waals surface area contributed by atoms with Crippen LogP contribution in [0.25, 0.3) is 10.8 Å². The predicted octanol–water partition coefficient (Wildman–Crippen LogP) is 3.04. The Morgan fingerprint density at radius 3 is 2.87 bits per heavy atom. The molecular weight excluding hydrogens is 310 g/mol. The molecule has 3 rings (SSSR count). The van der Waals surface area contributed by atoms with Crippen LogP contribution >= 0.6 is 11.3 Å². The Morgan fingerprint density at radius 2 is 2.13 bits per heavy atom. The van der Waals surface area contributed by atoms with Crippen molar-refractivity contribution >= 4 is 17.2 Å². The molecule has 3 aromatic rings. The first-order valence-electron chi connectivity index (χ1n) is 7.33. The van der Waals surface area contributed by atoms with Crippen molar-refractivity contribution in [1.29, 1.82) is 0 Å². The van der Waals surface area contributed by atoms with Crippen molar-refractivity contribution in [3.63, 3.8) is 0 Å². The van der Waals surface area contributed by atoms with E-state index in [1.54, 1.807) is 34.9 Å². The van der Waals surface area contributed by atoms with E-state index in [1.165, 1.54) is 5.56 Å². The molecule has 0 aromatic carbocycles. The van der Waals surface area contributed by atoms with Crippen LogP contribution in [0, 0.1) is 0 Å². The zero-order chi connectivity index (χ0) is 16.1. The highest BCUT2D eigenvalue weighted by Gasteiger charge is 2.14. The zero-order valence-corrected chi connectivity index (χ0v) is 13.6. The van der Waals surface area contributed by atoms with Crippen LogP contribution in [0.4, 0.5) is 0 Å². The summed E-state index contributed by atoms with van der Waals surface area (Å²) in [6, 6.07) is 7.82. The van der Waals surface area contributed by atoms with E-state index in [0.717, 1.165) is 11.3 Å². The first-order chi connectivity index (χ1) is 11.2. The topological polar surface area (TPSA) is 59.2 Å². The molecule has 5 nitrogen and oxygen atoms in total. The monoisotopic (exact) mass is 327 g/mol. The van der Waals surface area contributed by atoms with Crippen LogP contribution < -0.4 is 0 Å². The van der Waals surface area contributed by atoms with Gasteiger partial charge in [0.05, 0.1) is 17.0 Å². The Morgan fingerprint density at radius 1 is 1.30 bits per heavy atom. The molecule has 23 heavy (non-hydrogen) atoms. The van der Waals surface area contributed by atoms with Crippen molar-refractivity contribution in [3.05, 3.63) is 59.6 Å². The van der Waals surface area contributed by atoms with Gasteiger partial charge in [-0.2, -0.15) is 0 Å². The second kappa shape index (κ2) is 7.19. The predicted molar refractivity (Wildman–Crippen MR) is 89.1 cm³/mol. The van der Waals surface area contributed by atoms with Gasteiger partial charge in [-0.15, -0.1) is 11.3 Å². The van der Waals surface area contributed by atoms with Crippen LogP contribution in [0.15, 0.2) is 52.7 Å². The average molecular weight is 327 g/mol. The summed E-state index contributed by atoms with van der Waals surface area (Å²) in [6.45, 7) is 0.665.